The van der Waals surface area contributed by atoms with Crippen molar-refractivity contribution in [3.8, 4) is 33.4 Å². The van der Waals surface area contributed by atoms with Crippen LogP contribution in [-0.4, -0.2) is 0 Å². The zero-order chi connectivity index (χ0) is 35.0. The Kier molecular flexibility index (Phi) is 7.00. The van der Waals surface area contributed by atoms with E-state index in [-0.39, 0.29) is 5.41 Å². The van der Waals surface area contributed by atoms with E-state index in [4.69, 9.17) is 0 Å². The smallest absolute Gasteiger partial charge is 0.0468 e. The van der Waals surface area contributed by atoms with Gasteiger partial charge in [0.2, 0.25) is 0 Å². The summed E-state index contributed by atoms with van der Waals surface area (Å²) in [6.45, 7) is 6.99. The van der Waals surface area contributed by atoms with Crippen molar-refractivity contribution in [2.45, 2.75) is 26.2 Å². The molecule has 1 aliphatic rings. The van der Waals surface area contributed by atoms with Crippen molar-refractivity contribution in [3.05, 3.63) is 187 Å². The molecule has 0 saturated carbocycles. The third-order valence-corrected chi connectivity index (χ3v) is 12.3. The molecular formula is C50H37NS. The van der Waals surface area contributed by atoms with E-state index < -0.39 is 0 Å². The van der Waals surface area contributed by atoms with Gasteiger partial charge in [-0.1, -0.05) is 135 Å². The van der Waals surface area contributed by atoms with E-state index in [9.17, 15) is 0 Å². The summed E-state index contributed by atoms with van der Waals surface area (Å²) >= 11 is 1.87. The third-order valence-electron chi connectivity index (χ3n) is 11.2. The molecule has 1 aromatic heterocycles. The summed E-state index contributed by atoms with van der Waals surface area (Å²) < 4.78 is 2.63. The van der Waals surface area contributed by atoms with Gasteiger partial charge in [-0.2, -0.15) is 0 Å². The fourth-order valence-corrected chi connectivity index (χ4v) is 9.70. The molecule has 0 radical (unpaired) electrons. The Morgan fingerprint density at radius 2 is 1.12 bits per heavy atom. The Morgan fingerprint density at radius 3 is 1.96 bits per heavy atom. The lowest BCUT2D eigenvalue weighted by Crippen LogP contribution is -2.16. The summed E-state index contributed by atoms with van der Waals surface area (Å²) in [6.07, 6.45) is 0. The molecule has 0 amide bonds. The van der Waals surface area contributed by atoms with Gasteiger partial charge < -0.3 is 4.90 Å². The first kappa shape index (κ1) is 30.8. The Morgan fingerprint density at radius 1 is 0.442 bits per heavy atom. The van der Waals surface area contributed by atoms with Gasteiger partial charge in [0.15, 0.2) is 0 Å². The van der Waals surface area contributed by atoms with Crippen LogP contribution in [0.3, 0.4) is 0 Å². The molecule has 0 N–H and O–H groups in total. The summed E-state index contributed by atoms with van der Waals surface area (Å²) in [4.78, 5) is 2.44. The molecule has 0 bridgehead atoms. The zero-order valence-corrected chi connectivity index (χ0v) is 30.3. The fourth-order valence-electron chi connectivity index (χ4n) is 8.62. The highest BCUT2D eigenvalue weighted by atomic mass is 32.1. The van der Waals surface area contributed by atoms with Gasteiger partial charge in [-0.25, -0.2) is 0 Å². The van der Waals surface area contributed by atoms with Crippen LogP contribution in [0.4, 0.5) is 17.1 Å². The van der Waals surface area contributed by atoms with Gasteiger partial charge in [-0.15, -0.1) is 11.3 Å². The standard InChI is InChI=1S/C50H37NS/c1-32-12-11-18-44-48(32)42-28-25-38(31-45(42)50(44,2)3)51(37-26-29-47-43(30-37)41-17-9-10-19-46(41)52-47)36-23-20-34(21-24-36)40-27-22-33-13-7-8-16-39(33)49(40)35-14-5-4-6-15-35/h4-31H,1-3H3. The van der Waals surface area contributed by atoms with Crippen molar-refractivity contribution in [2.75, 3.05) is 4.90 Å². The van der Waals surface area contributed by atoms with Gasteiger partial charge in [-0.05, 0) is 116 Å². The summed E-state index contributed by atoms with van der Waals surface area (Å²) in [5.41, 5.74) is 15.2. The molecule has 0 atom stereocenters. The fraction of sp³-hybridized carbons (Fsp3) is 0.0800. The topological polar surface area (TPSA) is 3.24 Å². The molecule has 8 aromatic carbocycles. The van der Waals surface area contributed by atoms with Crippen LogP contribution in [0.5, 0.6) is 0 Å². The van der Waals surface area contributed by atoms with Gasteiger partial charge in [0, 0.05) is 42.6 Å². The number of hydrogen-bond donors (Lipinski definition) is 0. The molecular weight excluding hydrogens is 647 g/mol. The predicted molar refractivity (Wildman–Crippen MR) is 225 cm³/mol. The van der Waals surface area contributed by atoms with Crippen LogP contribution >= 0.6 is 11.3 Å². The predicted octanol–water partition coefficient (Wildman–Crippen LogP) is 14.6. The molecule has 248 valence electrons. The van der Waals surface area contributed by atoms with Crippen molar-refractivity contribution in [3.63, 3.8) is 0 Å². The maximum Gasteiger partial charge on any atom is 0.0468 e. The Hall–Kier alpha value is -5.96. The lowest BCUT2D eigenvalue weighted by atomic mass is 9.82. The normalized spacial score (nSPS) is 13.1. The first-order valence-corrected chi connectivity index (χ1v) is 18.9. The molecule has 1 heterocycles. The minimum absolute atomic E-state index is 0.0976. The maximum absolute atomic E-state index is 2.44. The molecule has 0 saturated heterocycles. The van der Waals surface area contributed by atoms with Crippen LogP contribution in [0, 0.1) is 6.92 Å². The third kappa shape index (κ3) is 4.75. The quantitative estimate of drug-likeness (QED) is 0.175. The number of hydrogen-bond acceptors (Lipinski definition) is 2. The number of benzene rings is 8. The first-order valence-electron chi connectivity index (χ1n) is 18.1. The van der Waals surface area contributed by atoms with Crippen molar-refractivity contribution in [1.29, 1.82) is 0 Å². The number of anilines is 3. The van der Waals surface area contributed by atoms with Crippen LogP contribution in [-0.2, 0) is 5.41 Å². The van der Waals surface area contributed by atoms with Gasteiger partial charge in [0.25, 0.3) is 0 Å². The summed E-state index contributed by atoms with van der Waals surface area (Å²) in [6, 6.07) is 62.9. The average molecular weight is 684 g/mol. The molecule has 0 unspecified atom stereocenters. The summed E-state index contributed by atoms with van der Waals surface area (Å²) in [7, 11) is 0. The molecule has 10 rings (SSSR count). The van der Waals surface area contributed by atoms with Gasteiger partial charge in [-0.3, -0.25) is 0 Å². The van der Waals surface area contributed by atoms with Crippen LogP contribution in [0.1, 0.15) is 30.5 Å². The molecule has 0 spiro atoms. The van der Waals surface area contributed by atoms with Crippen LogP contribution in [0.25, 0.3) is 64.3 Å². The monoisotopic (exact) mass is 683 g/mol. The van der Waals surface area contributed by atoms with E-state index >= 15 is 0 Å². The van der Waals surface area contributed by atoms with E-state index in [1.165, 1.54) is 86.7 Å². The van der Waals surface area contributed by atoms with E-state index in [0.29, 0.717) is 0 Å². The van der Waals surface area contributed by atoms with E-state index in [0.717, 1.165) is 11.4 Å². The average Bonchev–Trinajstić information content (AvgIpc) is 3.67. The minimum atomic E-state index is -0.0976. The highest BCUT2D eigenvalue weighted by Gasteiger charge is 2.36. The van der Waals surface area contributed by atoms with E-state index in [1.54, 1.807) is 0 Å². The molecule has 1 aliphatic carbocycles. The molecule has 1 nitrogen and oxygen atoms in total. The molecule has 0 aliphatic heterocycles. The van der Waals surface area contributed by atoms with Gasteiger partial charge in [0.1, 0.15) is 0 Å². The van der Waals surface area contributed by atoms with Crippen LogP contribution < -0.4 is 4.90 Å². The lowest BCUT2D eigenvalue weighted by Gasteiger charge is -2.28. The molecule has 2 heteroatoms. The highest BCUT2D eigenvalue weighted by Crippen LogP contribution is 2.52. The van der Waals surface area contributed by atoms with Crippen molar-refractivity contribution < 1.29 is 0 Å². The lowest BCUT2D eigenvalue weighted by molar-refractivity contribution is 0.660. The minimum Gasteiger partial charge on any atom is -0.310 e. The van der Waals surface area contributed by atoms with Crippen LogP contribution in [0.2, 0.25) is 0 Å². The number of thiophene rings is 1. The van der Waals surface area contributed by atoms with Crippen LogP contribution in [0.15, 0.2) is 170 Å². The second kappa shape index (κ2) is 11.8. The molecule has 52 heavy (non-hydrogen) atoms. The summed E-state index contributed by atoms with van der Waals surface area (Å²) in [5, 5.41) is 5.13. The Bertz CT molecular complexity index is 2820. The Balaban J connectivity index is 1.15. The van der Waals surface area contributed by atoms with Gasteiger partial charge in [0.05, 0.1) is 0 Å². The second-order valence-corrected chi connectivity index (χ2v) is 15.7. The van der Waals surface area contributed by atoms with Crippen molar-refractivity contribution >= 4 is 59.3 Å². The number of fused-ring (bicyclic) bond motifs is 7. The number of rotatable bonds is 5. The number of aryl methyl sites for hydroxylation is 1. The largest absolute Gasteiger partial charge is 0.310 e. The maximum atomic E-state index is 2.44. The first-order chi connectivity index (χ1) is 25.5. The van der Waals surface area contributed by atoms with E-state index in [2.05, 4.69) is 196 Å². The molecule has 9 aromatic rings. The summed E-state index contributed by atoms with van der Waals surface area (Å²) in [5.74, 6) is 0. The SMILES string of the molecule is Cc1cccc2c1-c1ccc(N(c3ccc(-c4ccc5ccccc5c4-c4ccccc4)cc3)c3ccc4sc5ccccc5c4c3)cc1C2(C)C. The van der Waals surface area contributed by atoms with Gasteiger partial charge >= 0.3 is 0 Å². The Labute approximate surface area is 309 Å². The second-order valence-electron chi connectivity index (χ2n) is 14.6. The highest BCUT2D eigenvalue weighted by molar-refractivity contribution is 7.25. The molecule has 0 fully saturated rings. The zero-order valence-electron chi connectivity index (χ0n) is 29.5. The van der Waals surface area contributed by atoms with Crippen molar-refractivity contribution in [2.24, 2.45) is 0 Å². The van der Waals surface area contributed by atoms with E-state index in [1.807, 2.05) is 11.3 Å². The van der Waals surface area contributed by atoms with Crippen molar-refractivity contribution in [1.82, 2.24) is 0 Å². The number of nitrogens with zero attached hydrogens (tertiary/aromatic N) is 1.